The van der Waals surface area contributed by atoms with Gasteiger partial charge in [-0.2, -0.15) is 5.26 Å². The third-order valence-electron chi connectivity index (χ3n) is 3.49. The number of benzene rings is 1. The minimum atomic E-state index is 0.400. The Morgan fingerprint density at radius 3 is 3.12 bits per heavy atom. The van der Waals surface area contributed by atoms with E-state index in [0.29, 0.717) is 11.5 Å². The molecule has 86 valence electrons. The van der Waals surface area contributed by atoms with Gasteiger partial charge >= 0.3 is 0 Å². The Kier molecular flexibility index (Phi) is 2.29. The lowest BCUT2D eigenvalue weighted by molar-refractivity contribution is 0.326. The summed E-state index contributed by atoms with van der Waals surface area (Å²) in [5, 5.41) is 9.27. The molecule has 0 radical (unpaired) electrons. The SMILES string of the molecule is COc1ccc2c3c1C(C#N)=CCC[C@@H]3CO2. The smallest absolute Gasteiger partial charge is 0.127 e. The first-order valence-electron chi connectivity index (χ1n) is 5.79. The molecule has 0 fully saturated rings. The van der Waals surface area contributed by atoms with E-state index in [1.807, 2.05) is 18.2 Å². The fourth-order valence-corrected chi connectivity index (χ4v) is 2.69. The molecule has 1 aromatic carbocycles. The van der Waals surface area contributed by atoms with Crippen molar-refractivity contribution in [2.45, 2.75) is 18.8 Å². The predicted molar refractivity (Wildman–Crippen MR) is 64.1 cm³/mol. The molecule has 0 saturated carbocycles. The van der Waals surface area contributed by atoms with Gasteiger partial charge in [-0.1, -0.05) is 6.08 Å². The molecule has 0 saturated heterocycles. The van der Waals surface area contributed by atoms with Gasteiger partial charge in [0, 0.05) is 17.0 Å². The molecule has 0 unspecified atom stereocenters. The molecule has 1 aliphatic carbocycles. The lowest BCUT2D eigenvalue weighted by atomic mass is 9.92. The van der Waals surface area contributed by atoms with Gasteiger partial charge in [0.15, 0.2) is 0 Å². The fourth-order valence-electron chi connectivity index (χ4n) is 2.69. The third-order valence-corrected chi connectivity index (χ3v) is 3.49. The highest BCUT2D eigenvalue weighted by Crippen LogP contribution is 2.47. The van der Waals surface area contributed by atoms with Crippen LogP contribution in [0.15, 0.2) is 18.2 Å². The topological polar surface area (TPSA) is 42.2 Å². The maximum Gasteiger partial charge on any atom is 0.127 e. The number of rotatable bonds is 1. The van der Waals surface area contributed by atoms with Gasteiger partial charge in [-0.3, -0.25) is 0 Å². The summed E-state index contributed by atoms with van der Waals surface area (Å²) in [5.41, 5.74) is 2.81. The van der Waals surface area contributed by atoms with Crippen LogP contribution in [0.1, 0.15) is 29.9 Å². The molecule has 3 nitrogen and oxygen atoms in total. The van der Waals surface area contributed by atoms with Crippen molar-refractivity contribution in [1.82, 2.24) is 0 Å². The number of nitriles is 1. The Labute approximate surface area is 100 Å². The van der Waals surface area contributed by atoms with E-state index in [1.165, 1.54) is 0 Å². The van der Waals surface area contributed by atoms with Gasteiger partial charge in [-0.25, -0.2) is 0 Å². The first kappa shape index (κ1) is 10.2. The maximum atomic E-state index is 9.27. The van der Waals surface area contributed by atoms with Gasteiger partial charge in [0.05, 0.1) is 25.4 Å². The number of nitrogens with zero attached hydrogens (tertiary/aromatic N) is 1. The van der Waals surface area contributed by atoms with E-state index in [1.54, 1.807) is 7.11 Å². The number of ether oxygens (including phenoxy) is 2. The van der Waals surface area contributed by atoms with Crippen LogP contribution in [0.3, 0.4) is 0 Å². The monoisotopic (exact) mass is 227 g/mol. The molecule has 3 rings (SSSR count). The van der Waals surface area contributed by atoms with Gasteiger partial charge in [-0.15, -0.1) is 0 Å². The summed E-state index contributed by atoms with van der Waals surface area (Å²) in [7, 11) is 1.64. The van der Waals surface area contributed by atoms with Crippen LogP contribution in [0.4, 0.5) is 0 Å². The number of methoxy groups -OCH3 is 1. The number of allylic oxidation sites excluding steroid dienone is 2. The standard InChI is InChI=1S/C14H13NO2/c1-16-11-5-6-12-14-10(8-17-12)4-2-3-9(7-15)13(11)14/h3,5-6,10H,2,4,8H2,1H3/t10-/m1/s1. The molecule has 1 aromatic rings. The van der Waals surface area contributed by atoms with Crippen LogP contribution in [0.25, 0.3) is 5.57 Å². The number of hydrogen-bond donors (Lipinski definition) is 0. The van der Waals surface area contributed by atoms with E-state index in [0.717, 1.165) is 42.1 Å². The molecule has 0 spiro atoms. The van der Waals surface area contributed by atoms with Gasteiger partial charge in [0.2, 0.25) is 0 Å². The summed E-state index contributed by atoms with van der Waals surface area (Å²) < 4.78 is 11.1. The van der Waals surface area contributed by atoms with Gasteiger partial charge in [0.1, 0.15) is 11.5 Å². The second-order valence-corrected chi connectivity index (χ2v) is 4.37. The molecule has 3 heteroatoms. The molecule has 1 heterocycles. The summed E-state index contributed by atoms with van der Waals surface area (Å²) in [6.45, 7) is 0.724. The molecule has 1 aliphatic heterocycles. The summed E-state index contributed by atoms with van der Waals surface area (Å²) in [5.74, 6) is 2.08. The molecule has 0 bridgehead atoms. The first-order chi connectivity index (χ1) is 8.35. The van der Waals surface area contributed by atoms with Crippen molar-refractivity contribution in [3.05, 3.63) is 29.3 Å². The van der Waals surface area contributed by atoms with Crippen molar-refractivity contribution in [2.24, 2.45) is 0 Å². The van der Waals surface area contributed by atoms with Crippen LogP contribution >= 0.6 is 0 Å². The minimum Gasteiger partial charge on any atom is -0.496 e. The predicted octanol–water partition coefficient (Wildman–Crippen LogP) is 2.87. The molecular weight excluding hydrogens is 214 g/mol. The highest BCUT2D eigenvalue weighted by atomic mass is 16.5. The Morgan fingerprint density at radius 1 is 1.47 bits per heavy atom. The Balaban J connectivity index is 2.30. The highest BCUT2D eigenvalue weighted by molar-refractivity contribution is 5.84. The van der Waals surface area contributed by atoms with Crippen LogP contribution < -0.4 is 9.47 Å². The van der Waals surface area contributed by atoms with E-state index >= 15 is 0 Å². The van der Waals surface area contributed by atoms with Crippen molar-refractivity contribution in [3.63, 3.8) is 0 Å². The lowest BCUT2D eigenvalue weighted by Gasteiger charge is -2.12. The molecule has 2 aliphatic rings. The minimum absolute atomic E-state index is 0.400. The second-order valence-electron chi connectivity index (χ2n) is 4.37. The molecule has 17 heavy (non-hydrogen) atoms. The van der Waals surface area contributed by atoms with E-state index in [-0.39, 0.29) is 0 Å². The molecular formula is C14H13NO2. The lowest BCUT2D eigenvalue weighted by Crippen LogP contribution is -2.01. The third kappa shape index (κ3) is 1.41. The van der Waals surface area contributed by atoms with Crippen LogP contribution in [0.5, 0.6) is 11.5 Å². The molecule has 0 N–H and O–H groups in total. The fraction of sp³-hybridized carbons (Fsp3) is 0.357. The van der Waals surface area contributed by atoms with Crippen LogP contribution in [0, 0.1) is 11.3 Å². The zero-order valence-corrected chi connectivity index (χ0v) is 9.69. The number of hydrogen-bond acceptors (Lipinski definition) is 3. The van der Waals surface area contributed by atoms with Crippen molar-refractivity contribution in [1.29, 1.82) is 5.26 Å². The Bertz CT molecular complexity index is 540. The van der Waals surface area contributed by atoms with Crippen molar-refractivity contribution in [2.75, 3.05) is 13.7 Å². The van der Waals surface area contributed by atoms with E-state index in [9.17, 15) is 5.26 Å². The van der Waals surface area contributed by atoms with Crippen molar-refractivity contribution >= 4 is 5.57 Å². The Morgan fingerprint density at radius 2 is 2.35 bits per heavy atom. The second kappa shape index (κ2) is 3.81. The quantitative estimate of drug-likeness (QED) is 0.740. The van der Waals surface area contributed by atoms with E-state index in [2.05, 4.69) is 6.07 Å². The summed E-state index contributed by atoms with van der Waals surface area (Å²) in [4.78, 5) is 0. The maximum absolute atomic E-state index is 9.27. The van der Waals surface area contributed by atoms with Crippen LogP contribution in [-0.4, -0.2) is 13.7 Å². The van der Waals surface area contributed by atoms with Crippen molar-refractivity contribution in [3.8, 4) is 17.6 Å². The molecule has 0 aromatic heterocycles. The first-order valence-corrected chi connectivity index (χ1v) is 5.79. The molecule has 1 atom stereocenters. The zero-order chi connectivity index (χ0) is 11.8. The average molecular weight is 227 g/mol. The zero-order valence-electron chi connectivity index (χ0n) is 9.69. The van der Waals surface area contributed by atoms with Gasteiger partial charge in [-0.05, 0) is 25.0 Å². The van der Waals surface area contributed by atoms with Gasteiger partial charge in [0.25, 0.3) is 0 Å². The van der Waals surface area contributed by atoms with Crippen LogP contribution in [-0.2, 0) is 0 Å². The molecule has 0 amide bonds. The van der Waals surface area contributed by atoms with E-state index < -0.39 is 0 Å². The normalized spacial score (nSPS) is 20.7. The Hall–Kier alpha value is -1.95. The van der Waals surface area contributed by atoms with E-state index in [4.69, 9.17) is 9.47 Å². The van der Waals surface area contributed by atoms with Gasteiger partial charge < -0.3 is 9.47 Å². The van der Waals surface area contributed by atoms with Crippen LogP contribution in [0.2, 0.25) is 0 Å². The largest absolute Gasteiger partial charge is 0.496 e. The highest BCUT2D eigenvalue weighted by Gasteiger charge is 2.31. The average Bonchev–Trinajstić information content (AvgIpc) is 2.67. The summed E-state index contributed by atoms with van der Waals surface area (Å²) in [6, 6.07) is 6.10. The summed E-state index contributed by atoms with van der Waals surface area (Å²) >= 11 is 0. The van der Waals surface area contributed by atoms with Crippen molar-refractivity contribution < 1.29 is 9.47 Å². The summed E-state index contributed by atoms with van der Waals surface area (Å²) in [6.07, 6.45) is 3.98.